The lowest BCUT2D eigenvalue weighted by Crippen LogP contribution is -2.59. The number of carbonyl (C=O) groups is 1. The highest BCUT2D eigenvalue weighted by Gasteiger charge is 2.31. The van der Waals surface area contributed by atoms with Gasteiger partial charge in [-0.2, -0.15) is 0 Å². The van der Waals surface area contributed by atoms with E-state index in [2.05, 4.69) is 15.5 Å². The lowest BCUT2D eigenvalue weighted by atomic mass is 10.1. The molecule has 1 aliphatic rings. The van der Waals surface area contributed by atoms with E-state index < -0.39 is 11.9 Å². The molecular weight excluding hydrogens is 331 g/mol. The first-order valence-electron chi connectivity index (χ1n) is 6.66. The van der Waals surface area contributed by atoms with Crippen LogP contribution in [0.4, 0.5) is 15.2 Å². The van der Waals surface area contributed by atoms with E-state index in [1.165, 1.54) is 12.1 Å². The first-order valence-corrected chi connectivity index (χ1v) is 7.03. The molecule has 10 heteroatoms. The molecule has 2 heterocycles. The van der Waals surface area contributed by atoms with E-state index in [4.69, 9.17) is 25.9 Å². The summed E-state index contributed by atoms with van der Waals surface area (Å²) in [5.41, 5.74) is 0. The van der Waals surface area contributed by atoms with Gasteiger partial charge in [0.15, 0.2) is 6.61 Å². The quantitative estimate of drug-likeness (QED) is 0.855. The van der Waals surface area contributed by atoms with Gasteiger partial charge in [-0.1, -0.05) is 16.7 Å². The first kappa shape index (κ1) is 15.3. The van der Waals surface area contributed by atoms with Gasteiger partial charge in [-0.25, -0.2) is 9.18 Å². The number of anilines is 1. The van der Waals surface area contributed by atoms with Crippen molar-refractivity contribution in [2.75, 3.05) is 18.0 Å². The molecule has 1 aromatic carbocycles. The van der Waals surface area contributed by atoms with Gasteiger partial charge in [-0.15, -0.1) is 5.10 Å². The van der Waals surface area contributed by atoms with Crippen LogP contribution in [-0.2, 0) is 6.61 Å². The summed E-state index contributed by atoms with van der Waals surface area (Å²) in [5, 5.41) is 18.6. The standard InChI is InChI=1S/C13H12ClFN4O4/c14-9-2-1-8(3-10(9)15)22-6-11-17-18-12(23-11)19-4-7(5-19)16-13(20)21/h1-3,7,16H,4-6H2,(H,20,21). The summed E-state index contributed by atoms with van der Waals surface area (Å²) in [4.78, 5) is 12.2. The summed E-state index contributed by atoms with van der Waals surface area (Å²) in [6.07, 6.45) is -1.07. The van der Waals surface area contributed by atoms with Crippen LogP contribution in [0.1, 0.15) is 5.89 Å². The average Bonchev–Trinajstić information content (AvgIpc) is 2.92. The smallest absolute Gasteiger partial charge is 0.405 e. The molecule has 1 amide bonds. The van der Waals surface area contributed by atoms with Crippen molar-refractivity contribution < 1.29 is 23.4 Å². The van der Waals surface area contributed by atoms with Crippen LogP contribution < -0.4 is 15.0 Å². The van der Waals surface area contributed by atoms with Crippen molar-refractivity contribution in [3.8, 4) is 5.75 Å². The molecule has 3 rings (SSSR count). The number of benzene rings is 1. The van der Waals surface area contributed by atoms with E-state index in [0.29, 0.717) is 18.8 Å². The maximum absolute atomic E-state index is 13.3. The Balaban J connectivity index is 1.52. The Hall–Kier alpha value is -2.55. The minimum Gasteiger partial charge on any atom is -0.484 e. The zero-order chi connectivity index (χ0) is 16.4. The molecule has 0 unspecified atom stereocenters. The third kappa shape index (κ3) is 3.62. The van der Waals surface area contributed by atoms with E-state index >= 15 is 0 Å². The van der Waals surface area contributed by atoms with Gasteiger partial charge < -0.3 is 24.5 Å². The number of amides is 1. The second-order valence-corrected chi connectivity index (χ2v) is 5.30. The van der Waals surface area contributed by atoms with E-state index in [9.17, 15) is 9.18 Å². The molecule has 23 heavy (non-hydrogen) atoms. The van der Waals surface area contributed by atoms with Crippen molar-refractivity contribution >= 4 is 23.7 Å². The van der Waals surface area contributed by atoms with Gasteiger partial charge in [-0.3, -0.25) is 0 Å². The molecule has 122 valence electrons. The zero-order valence-corrected chi connectivity index (χ0v) is 12.5. The molecular formula is C13H12ClFN4O4. The van der Waals surface area contributed by atoms with Crippen molar-refractivity contribution in [1.82, 2.24) is 15.5 Å². The van der Waals surface area contributed by atoms with Crippen LogP contribution in [0.5, 0.6) is 5.75 Å². The summed E-state index contributed by atoms with van der Waals surface area (Å²) in [7, 11) is 0. The molecule has 0 atom stereocenters. The third-order valence-electron chi connectivity index (χ3n) is 3.19. The number of carboxylic acid groups (broad SMARTS) is 1. The summed E-state index contributed by atoms with van der Waals surface area (Å²) in [5.74, 6) is -0.0562. The van der Waals surface area contributed by atoms with Gasteiger partial charge in [0.05, 0.1) is 11.1 Å². The predicted molar refractivity (Wildman–Crippen MR) is 77.2 cm³/mol. The Bertz CT molecular complexity index is 720. The molecule has 1 aliphatic heterocycles. The fraction of sp³-hybridized carbons (Fsp3) is 0.308. The topological polar surface area (TPSA) is 101 Å². The molecule has 0 bridgehead atoms. The van der Waals surface area contributed by atoms with Gasteiger partial charge in [0, 0.05) is 19.2 Å². The van der Waals surface area contributed by atoms with Crippen LogP contribution in [0, 0.1) is 5.82 Å². The fourth-order valence-corrected chi connectivity index (χ4v) is 2.16. The lowest BCUT2D eigenvalue weighted by Gasteiger charge is -2.37. The second kappa shape index (κ2) is 6.29. The van der Waals surface area contributed by atoms with E-state index in [-0.39, 0.29) is 29.6 Å². The second-order valence-electron chi connectivity index (χ2n) is 4.89. The van der Waals surface area contributed by atoms with Gasteiger partial charge in [-0.05, 0) is 12.1 Å². The van der Waals surface area contributed by atoms with E-state index in [1.807, 2.05) is 0 Å². The number of nitrogens with zero attached hydrogens (tertiary/aromatic N) is 3. The molecule has 8 nitrogen and oxygen atoms in total. The number of aromatic nitrogens is 2. The maximum atomic E-state index is 13.3. The fourth-order valence-electron chi connectivity index (χ4n) is 2.04. The molecule has 0 radical (unpaired) electrons. The van der Waals surface area contributed by atoms with E-state index in [1.54, 1.807) is 4.90 Å². The number of rotatable bonds is 5. The Morgan fingerprint density at radius 1 is 1.52 bits per heavy atom. The van der Waals surface area contributed by atoms with Gasteiger partial charge in [0.25, 0.3) is 5.89 Å². The molecule has 1 saturated heterocycles. The van der Waals surface area contributed by atoms with Crippen LogP contribution in [-0.4, -0.2) is 40.5 Å². The first-order chi connectivity index (χ1) is 11.0. The summed E-state index contributed by atoms with van der Waals surface area (Å²) >= 11 is 5.58. The number of hydrogen-bond donors (Lipinski definition) is 2. The minimum absolute atomic E-state index is 0.0136. The summed E-state index contributed by atoms with van der Waals surface area (Å²) in [6.45, 7) is 0.896. The Morgan fingerprint density at radius 3 is 3.00 bits per heavy atom. The maximum Gasteiger partial charge on any atom is 0.405 e. The number of ether oxygens (including phenoxy) is 1. The SMILES string of the molecule is O=C(O)NC1CN(c2nnc(COc3ccc(Cl)c(F)c3)o2)C1. The average molecular weight is 343 g/mol. The van der Waals surface area contributed by atoms with Gasteiger partial charge >= 0.3 is 12.1 Å². The molecule has 1 fully saturated rings. The Labute approximate surface area is 134 Å². The van der Waals surface area contributed by atoms with Crippen molar-refractivity contribution in [3.63, 3.8) is 0 Å². The third-order valence-corrected chi connectivity index (χ3v) is 3.50. The molecule has 1 aromatic heterocycles. The molecule has 2 aromatic rings. The van der Waals surface area contributed by atoms with Crippen LogP contribution >= 0.6 is 11.6 Å². The number of halogens is 2. The minimum atomic E-state index is -1.07. The normalized spacial score (nSPS) is 14.4. The van der Waals surface area contributed by atoms with Crippen LogP contribution in [0.15, 0.2) is 22.6 Å². The van der Waals surface area contributed by atoms with Crippen LogP contribution in [0.3, 0.4) is 0 Å². The molecule has 0 aliphatic carbocycles. The lowest BCUT2D eigenvalue weighted by molar-refractivity contribution is 0.186. The molecule has 0 saturated carbocycles. The largest absolute Gasteiger partial charge is 0.484 e. The Morgan fingerprint density at radius 2 is 2.30 bits per heavy atom. The predicted octanol–water partition coefficient (Wildman–Crippen LogP) is 1.90. The van der Waals surface area contributed by atoms with Crippen molar-refractivity contribution in [1.29, 1.82) is 0 Å². The van der Waals surface area contributed by atoms with Crippen molar-refractivity contribution in [2.45, 2.75) is 12.6 Å². The highest BCUT2D eigenvalue weighted by molar-refractivity contribution is 6.30. The Kier molecular flexibility index (Phi) is 4.20. The van der Waals surface area contributed by atoms with Gasteiger partial charge in [0.2, 0.25) is 0 Å². The monoisotopic (exact) mass is 342 g/mol. The van der Waals surface area contributed by atoms with Crippen LogP contribution in [0.25, 0.3) is 0 Å². The number of nitrogens with one attached hydrogen (secondary N) is 1. The van der Waals surface area contributed by atoms with Crippen molar-refractivity contribution in [2.24, 2.45) is 0 Å². The zero-order valence-electron chi connectivity index (χ0n) is 11.7. The van der Waals surface area contributed by atoms with Gasteiger partial charge in [0.1, 0.15) is 11.6 Å². The van der Waals surface area contributed by atoms with Crippen molar-refractivity contribution in [3.05, 3.63) is 34.9 Å². The van der Waals surface area contributed by atoms with Crippen LogP contribution in [0.2, 0.25) is 5.02 Å². The highest BCUT2D eigenvalue weighted by atomic mass is 35.5. The molecule has 0 spiro atoms. The summed E-state index contributed by atoms with van der Waals surface area (Å²) in [6, 6.07) is 4.21. The molecule has 2 N–H and O–H groups in total. The van der Waals surface area contributed by atoms with E-state index in [0.717, 1.165) is 6.07 Å². The number of hydrogen-bond acceptors (Lipinski definition) is 6. The summed E-state index contributed by atoms with van der Waals surface area (Å²) < 4.78 is 24.0. The highest BCUT2D eigenvalue weighted by Crippen LogP contribution is 2.22.